The molecule has 2 aromatic carbocycles. The first-order chi connectivity index (χ1) is 11.9. The second-order valence-electron chi connectivity index (χ2n) is 5.62. The molecule has 3 N–H and O–H groups in total. The first-order valence-corrected chi connectivity index (χ1v) is 8.30. The van der Waals surface area contributed by atoms with Gasteiger partial charge in [-0.2, -0.15) is 4.98 Å². The molecule has 5 nitrogen and oxygen atoms in total. The van der Waals surface area contributed by atoms with E-state index in [-0.39, 0.29) is 23.1 Å². The molecule has 25 heavy (non-hydrogen) atoms. The molecule has 0 saturated carbocycles. The molecule has 0 atom stereocenters. The van der Waals surface area contributed by atoms with Crippen LogP contribution in [0.3, 0.4) is 0 Å². The summed E-state index contributed by atoms with van der Waals surface area (Å²) >= 11 is 3.22. The molecule has 0 spiro atoms. The van der Waals surface area contributed by atoms with E-state index in [9.17, 15) is 4.39 Å². The van der Waals surface area contributed by atoms with Gasteiger partial charge in [-0.05, 0) is 55.3 Å². The number of benzene rings is 2. The van der Waals surface area contributed by atoms with Crippen molar-refractivity contribution >= 4 is 33.1 Å². The number of nitrogens with two attached hydrogens (primary N) is 1. The lowest BCUT2D eigenvalue weighted by molar-refractivity contribution is 0.464. The van der Waals surface area contributed by atoms with Crippen molar-refractivity contribution < 1.29 is 9.13 Å². The van der Waals surface area contributed by atoms with E-state index in [1.807, 2.05) is 32.0 Å². The number of rotatable bonds is 4. The van der Waals surface area contributed by atoms with E-state index in [1.165, 1.54) is 12.4 Å². The highest BCUT2D eigenvalue weighted by molar-refractivity contribution is 9.10. The van der Waals surface area contributed by atoms with Gasteiger partial charge in [-0.3, -0.25) is 0 Å². The van der Waals surface area contributed by atoms with Crippen LogP contribution in [0.4, 0.5) is 21.6 Å². The summed E-state index contributed by atoms with van der Waals surface area (Å²) in [5, 5.41) is 2.86. The van der Waals surface area contributed by atoms with Gasteiger partial charge >= 0.3 is 0 Å². The lowest BCUT2D eigenvalue weighted by Gasteiger charge is -2.13. The topological polar surface area (TPSA) is 73.1 Å². The maximum atomic E-state index is 14.0. The van der Waals surface area contributed by atoms with Gasteiger partial charge in [0.15, 0.2) is 5.82 Å². The van der Waals surface area contributed by atoms with Crippen molar-refractivity contribution in [1.29, 1.82) is 0 Å². The number of ether oxygens (including phenoxy) is 1. The molecule has 0 amide bonds. The Bertz CT molecular complexity index is 913. The van der Waals surface area contributed by atoms with Crippen LogP contribution in [-0.2, 0) is 0 Å². The molecule has 0 aliphatic heterocycles. The third kappa shape index (κ3) is 4.06. The largest absolute Gasteiger partial charge is 0.437 e. The van der Waals surface area contributed by atoms with Crippen molar-refractivity contribution in [1.82, 2.24) is 9.97 Å². The smallest absolute Gasteiger partial charge is 0.248 e. The normalized spacial score (nSPS) is 10.6. The number of hydrogen-bond donors (Lipinski definition) is 2. The fourth-order valence-electron chi connectivity index (χ4n) is 2.38. The van der Waals surface area contributed by atoms with Crippen molar-refractivity contribution in [3.8, 4) is 11.6 Å². The highest BCUT2D eigenvalue weighted by Gasteiger charge is 2.13. The number of hydrogen-bond acceptors (Lipinski definition) is 5. The molecule has 0 bridgehead atoms. The molecule has 0 aliphatic rings. The molecule has 0 unspecified atom stereocenters. The van der Waals surface area contributed by atoms with Crippen LogP contribution in [0.1, 0.15) is 11.1 Å². The summed E-state index contributed by atoms with van der Waals surface area (Å²) in [6.07, 6.45) is 1.31. The van der Waals surface area contributed by atoms with Crippen LogP contribution in [0, 0.1) is 19.7 Å². The van der Waals surface area contributed by atoms with Crippen molar-refractivity contribution in [2.45, 2.75) is 13.8 Å². The molecule has 3 aromatic rings. The number of nitrogens with zero attached hydrogens (tertiary/aromatic N) is 2. The van der Waals surface area contributed by atoms with Gasteiger partial charge in [0.25, 0.3) is 0 Å². The first-order valence-electron chi connectivity index (χ1n) is 7.51. The Morgan fingerprint density at radius 3 is 2.48 bits per heavy atom. The van der Waals surface area contributed by atoms with E-state index < -0.39 is 5.82 Å². The van der Waals surface area contributed by atoms with E-state index >= 15 is 0 Å². The van der Waals surface area contributed by atoms with Gasteiger partial charge in [-0.1, -0.05) is 22.0 Å². The summed E-state index contributed by atoms with van der Waals surface area (Å²) in [5.41, 5.74) is 8.68. The molecule has 0 fully saturated rings. The monoisotopic (exact) mass is 402 g/mol. The standard InChI is InChI=1S/C18H16BrFN4O/c1-10-5-11(2)7-13(6-10)25-18-16(21)17(22-9-23-18)24-15-4-3-12(19)8-14(15)20/h3-9H,21H2,1-2H3,(H,22,23,24). The Morgan fingerprint density at radius 1 is 1.08 bits per heavy atom. The van der Waals surface area contributed by atoms with Crippen LogP contribution in [0.5, 0.6) is 11.6 Å². The number of aryl methyl sites for hydroxylation is 2. The fraction of sp³-hybridized carbons (Fsp3) is 0.111. The fourth-order valence-corrected chi connectivity index (χ4v) is 2.72. The van der Waals surface area contributed by atoms with Gasteiger partial charge in [0.2, 0.25) is 5.88 Å². The average Bonchev–Trinajstić information content (AvgIpc) is 2.52. The van der Waals surface area contributed by atoms with Gasteiger partial charge in [0.1, 0.15) is 23.6 Å². The van der Waals surface area contributed by atoms with Gasteiger partial charge < -0.3 is 15.8 Å². The minimum absolute atomic E-state index is 0.198. The Hall–Kier alpha value is -2.67. The maximum absolute atomic E-state index is 14.0. The zero-order chi connectivity index (χ0) is 18.0. The number of anilines is 3. The Kier molecular flexibility index (Phi) is 4.85. The molecular formula is C18H16BrFN4O. The Labute approximate surface area is 153 Å². The summed E-state index contributed by atoms with van der Waals surface area (Å²) in [4.78, 5) is 8.14. The molecular weight excluding hydrogens is 387 g/mol. The predicted molar refractivity (Wildman–Crippen MR) is 99.8 cm³/mol. The van der Waals surface area contributed by atoms with Crippen LogP contribution in [-0.4, -0.2) is 9.97 Å². The van der Waals surface area contributed by atoms with Crippen LogP contribution >= 0.6 is 15.9 Å². The van der Waals surface area contributed by atoms with Gasteiger partial charge in [-0.25, -0.2) is 9.37 Å². The van der Waals surface area contributed by atoms with Crippen LogP contribution < -0.4 is 15.8 Å². The quantitative estimate of drug-likeness (QED) is 0.633. The van der Waals surface area contributed by atoms with Crippen molar-refractivity contribution in [3.63, 3.8) is 0 Å². The summed E-state index contributed by atoms with van der Waals surface area (Å²) in [6.45, 7) is 3.96. The number of halogens is 2. The maximum Gasteiger partial charge on any atom is 0.248 e. The zero-order valence-electron chi connectivity index (χ0n) is 13.7. The summed E-state index contributed by atoms with van der Waals surface area (Å²) < 4.78 is 20.4. The molecule has 3 rings (SSSR count). The summed E-state index contributed by atoms with van der Waals surface area (Å²) in [6, 6.07) is 10.5. The van der Waals surface area contributed by atoms with E-state index in [0.29, 0.717) is 10.2 Å². The molecule has 7 heteroatoms. The van der Waals surface area contributed by atoms with Crippen LogP contribution in [0.25, 0.3) is 0 Å². The molecule has 128 valence electrons. The summed E-state index contributed by atoms with van der Waals surface area (Å²) in [7, 11) is 0. The summed E-state index contributed by atoms with van der Waals surface area (Å²) in [5.74, 6) is 0.684. The van der Waals surface area contributed by atoms with E-state index in [2.05, 4.69) is 31.2 Å². The predicted octanol–water partition coefficient (Wildman–Crippen LogP) is 5.11. The third-order valence-corrected chi connectivity index (χ3v) is 3.93. The highest BCUT2D eigenvalue weighted by atomic mass is 79.9. The lowest BCUT2D eigenvalue weighted by Crippen LogP contribution is -2.04. The average molecular weight is 403 g/mol. The van der Waals surface area contributed by atoms with Crippen molar-refractivity contribution in [2.24, 2.45) is 0 Å². The SMILES string of the molecule is Cc1cc(C)cc(Oc2ncnc(Nc3ccc(Br)cc3F)c2N)c1. The van der Waals surface area contributed by atoms with Crippen molar-refractivity contribution in [3.05, 3.63) is 64.1 Å². The van der Waals surface area contributed by atoms with Crippen LogP contribution in [0.2, 0.25) is 0 Å². The number of nitrogens with one attached hydrogen (secondary N) is 1. The second-order valence-corrected chi connectivity index (χ2v) is 6.53. The lowest BCUT2D eigenvalue weighted by atomic mass is 10.1. The Morgan fingerprint density at radius 2 is 1.80 bits per heavy atom. The Balaban J connectivity index is 1.89. The van der Waals surface area contributed by atoms with Gasteiger partial charge in [0.05, 0.1) is 5.69 Å². The van der Waals surface area contributed by atoms with Crippen molar-refractivity contribution in [2.75, 3.05) is 11.1 Å². The third-order valence-electron chi connectivity index (χ3n) is 3.44. The second kappa shape index (κ2) is 7.06. The minimum Gasteiger partial charge on any atom is -0.437 e. The molecule has 0 saturated heterocycles. The molecule has 1 aromatic heterocycles. The number of nitrogen functional groups attached to an aromatic ring is 1. The molecule has 0 aliphatic carbocycles. The molecule has 1 heterocycles. The van der Waals surface area contributed by atoms with E-state index in [0.717, 1.165) is 11.1 Å². The first kappa shape index (κ1) is 17.2. The van der Waals surface area contributed by atoms with E-state index in [4.69, 9.17) is 10.5 Å². The van der Waals surface area contributed by atoms with E-state index in [1.54, 1.807) is 12.1 Å². The van der Waals surface area contributed by atoms with Gasteiger partial charge in [0, 0.05) is 4.47 Å². The van der Waals surface area contributed by atoms with Gasteiger partial charge in [-0.15, -0.1) is 0 Å². The van der Waals surface area contributed by atoms with Crippen LogP contribution in [0.15, 0.2) is 47.2 Å². The highest BCUT2D eigenvalue weighted by Crippen LogP contribution is 2.32. The zero-order valence-corrected chi connectivity index (χ0v) is 15.3. The molecule has 0 radical (unpaired) electrons. The minimum atomic E-state index is -0.427. The number of aromatic nitrogens is 2.